The number of nitrogens with one attached hydrogen (secondary N) is 2. The Hall–Kier alpha value is -3.23. The first-order valence-electron chi connectivity index (χ1n) is 14.0. The van der Waals surface area contributed by atoms with E-state index in [1.807, 2.05) is 31.2 Å². The third kappa shape index (κ3) is 10.5. The number of carbonyl (C=O) groups is 2. The molecule has 0 aliphatic carbocycles. The average Bonchev–Trinajstić information content (AvgIpc) is 2.91. The minimum Gasteiger partial charge on any atom is -0.489 e. The molecule has 3 N–H and O–H groups in total. The molecule has 0 fully saturated rings. The van der Waals surface area contributed by atoms with Gasteiger partial charge < -0.3 is 25.4 Å². The molecule has 0 radical (unpaired) electrons. The Kier molecular flexibility index (Phi) is 12.4. The van der Waals surface area contributed by atoms with Gasteiger partial charge in [-0.1, -0.05) is 44.2 Å². The Bertz CT molecular complexity index is 1110. The van der Waals surface area contributed by atoms with Crippen molar-refractivity contribution in [1.82, 2.24) is 15.5 Å². The number of aliphatic hydroxyl groups excluding tert-OH is 1. The quantitative estimate of drug-likeness (QED) is 0.443. The Morgan fingerprint density at radius 2 is 1.95 bits per heavy atom. The minimum absolute atomic E-state index is 0.00110. The summed E-state index contributed by atoms with van der Waals surface area (Å²) in [6.07, 6.45) is 5.64. The average molecular weight is 540 g/mol. The molecule has 2 amide bonds. The fourth-order valence-corrected chi connectivity index (χ4v) is 4.66. The lowest BCUT2D eigenvalue weighted by atomic mass is 10.00. The summed E-state index contributed by atoms with van der Waals surface area (Å²) in [5.74, 6) is -0.325. The van der Waals surface area contributed by atoms with Crippen LogP contribution < -0.4 is 15.4 Å². The van der Waals surface area contributed by atoms with Crippen LogP contribution in [0.15, 0.2) is 54.6 Å². The zero-order valence-electron chi connectivity index (χ0n) is 23.1. The van der Waals surface area contributed by atoms with Crippen molar-refractivity contribution in [3.63, 3.8) is 0 Å². The maximum Gasteiger partial charge on any atom is 0.222 e. The number of benzene rings is 2. The van der Waals surface area contributed by atoms with Crippen molar-refractivity contribution < 1.29 is 23.8 Å². The number of aliphatic hydroxyl groups is 1. The lowest BCUT2D eigenvalue weighted by Crippen LogP contribution is -2.48. The highest BCUT2D eigenvalue weighted by Crippen LogP contribution is 2.19. The first-order chi connectivity index (χ1) is 18.9. The summed E-state index contributed by atoms with van der Waals surface area (Å²) in [6, 6.07) is 12.0. The summed E-state index contributed by atoms with van der Waals surface area (Å²) in [7, 11) is 0. The number of halogens is 1. The zero-order chi connectivity index (χ0) is 28.0. The van der Waals surface area contributed by atoms with Gasteiger partial charge in [-0.05, 0) is 60.6 Å². The first kappa shape index (κ1) is 30.3. The molecule has 7 nitrogen and oxygen atoms in total. The topological polar surface area (TPSA) is 90.9 Å². The van der Waals surface area contributed by atoms with Crippen LogP contribution in [0.5, 0.6) is 5.75 Å². The Balaban J connectivity index is 1.73. The van der Waals surface area contributed by atoms with Crippen molar-refractivity contribution in [3.8, 4) is 5.75 Å². The van der Waals surface area contributed by atoms with Gasteiger partial charge in [-0.2, -0.15) is 0 Å². The van der Waals surface area contributed by atoms with Crippen LogP contribution >= 0.6 is 0 Å². The van der Waals surface area contributed by atoms with E-state index in [2.05, 4.69) is 29.7 Å². The van der Waals surface area contributed by atoms with Crippen LogP contribution in [0, 0.1) is 5.82 Å². The van der Waals surface area contributed by atoms with Crippen LogP contribution in [0.3, 0.4) is 0 Å². The zero-order valence-corrected chi connectivity index (χ0v) is 23.1. The highest BCUT2D eigenvalue weighted by molar-refractivity contribution is 5.79. The Labute approximate surface area is 231 Å². The van der Waals surface area contributed by atoms with Crippen molar-refractivity contribution >= 4 is 11.8 Å². The molecule has 0 saturated carbocycles. The number of hydrogen-bond donors (Lipinski definition) is 3. The maximum atomic E-state index is 14.4. The molecule has 8 heteroatoms. The van der Waals surface area contributed by atoms with E-state index < -0.39 is 18.0 Å². The highest BCUT2D eigenvalue weighted by atomic mass is 19.1. The van der Waals surface area contributed by atoms with Crippen molar-refractivity contribution in [3.05, 3.63) is 77.1 Å². The lowest BCUT2D eigenvalue weighted by molar-refractivity contribution is -0.131. The van der Waals surface area contributed by atoms with Crippen LogP contribution in [0.2, 0.25) is 0 Å². The molecule has 1 heterocycles. The van der Waals surface area contributed by atoms with Crippen LogP contribution in [0.25, 0.3) is 0 Å². The molecule has 1 aliphatic rings. The van der Waals surface area contributed by atoms with Crippen LogP contribution in [0.4, 0.5) is 4.39 Å². The van der Waals surface area contributed by atoms with E-state index in [0.29, 0.717) is 37.4 Å². The predicted molar refractivity (Wildman–Crippen MR) is 151 cm³/mol. The number of ether oxygens (including phenoxy) is 1. The van der Waals surface area contributed by atoms with E-state index >= 15 is 0 Å². The second-order valence-electron chi connectivity index (χ2n) is 10.0. The number of amides is 2. The van der Waals surface area contributed by atoms with Gasteiger partial charge in [0.15, 0.2) is 0 Å². The van der Waals surface area contributed by atoms with Gasteiger partial charge in [0, 0.05) is 45.1 Å². The van der Waals surface area contributed by atoms with Crippen LogP contribution in [0.1, 0.15) is 56.2 Å². The summed E-state index contributed by atoms with van der Waals surface area (Å²) in [6.45, 7) is 6.27. The molecule has 0 aromatic heterocycles. The van der Waals surface area contributed by atoms with Crippen LogP contribution in [-0.2, 0) is 29.0 Å². The van der Waals surface area contributed by atoms with Gasteiger partial charge in [0.25, 0.3) is 0 Å². The second-order valence-corrected chi connectivity index (χ2v) is 10.0. The summed E-state index contributed by atoms with van der Waals surface area (Å²) in [5, 5.41) is 17.3. The summed E-state index contributed by atoms with van der Waals surface area (Å²) in [4.78, 5) is 27.3. The van der Waals surface area contributed by atoms with Gasteiger partial charge in [0.1, 0.15) is 18.2 Å². The predicted octanol–water partition coefficient (Wildman–Crippen LogP) is 3.92. The van der Waals surface area contributed by atoms with Gasteiger partial charge in [-0.3, -0.25) is 9.59 Å². The standard InChI is InChI=1S/C31H42FN3O4/c1-3-13-35-14-5-6-15-39-27-18-25(17-26(32)20-27)19-28(34-30(37)11-8-12-31(35)38)29(36)22-33-21-24-10-7-9-23(4-2)16-24/h5-7,9-10,16-18,20,28-29,33,36H,3-4,8,11-15,19,21-22H2,1-2H3,(H,34,37)/b6-5-. The third-order valence-corrected chi connectivity index (χ3v) is 6.76. The smallest absolute Gasteiger partial charge is 0.222 e. The van der Waals surface area contributed by atoms with Crippen molar-refractivity contribution in [2.45, 2.75) is 71.1 Å². The summed E-state index contributed by atoms with van der Waals surface area (Å²) in [5.41, 5.74) is 2.97. The molecule has 1 aliphatic heterocycles. The van der Waals surface area contributed by atoms with Gasteiger partial charge in [0.05, 0.1) is 12.1 Å². The molecule has 3 rings (SSSR count). The number of fused-ring (bicyclic) bond motifs is 2. The monoisotopic (exact) mass is 539 g/mol. The lowest BCUT2D eigenvalue weighted by Gasteiger charge is -2.25. The van der Waals surface area contributed by atoms with Gasteiger partial charge in [-0.15, -0.1) is 0 Å². The number of carbonyl (C=O) groups excluding carboxylic acids is 2. The molecule has 2 aromatic rings. The third-order valence-electron chi connectivity index (χ3n) is 6.76. The van der Waals surface area contributed by atoms with E-state index in [1.54, 1.807) is 11.0 Å². The molecule has 0 saturated heterocycles. The summed E-state index contributed by atoms with van der Waals surface area (Å²) < 4.78 is 20.2. The number of nitrogens with zero attached hydrogens (tertiary/aromatic N) is 1. The van der Waals surface area contributed by atoms with Crippen molar-refractivity contribution in [1.29, 1.82) is 0 Å². The molecule has 212 valence electrons. The molecule has 2 aromatic carbocycles. The molecule has 2 unspecified atom stereocenters. The van der Waals surface area contributed by atoms with Gasteiger partial charge >= 0.3 is 0 Å². The van der Waals surface area contributed by atoms with E-state index in [1.165, 1.54) is 17.7 Å². The minimum atomic E-state index is -0.914. The summed E-state index contributed by atoms with van der Waals surface area (Å²) >= 11 is 0. The van der Waals surface area contributed by atoms with Crippen molar-refractivity contribution in [2.75, 3.05) is 26.2 Å². The van der Waals surface area contributed by atoms with E-state index in [0.717, 1.165) is 18.4 Å². The first-order valence-corrected chi connectivity index (χ1v) is 14.0. The van der Waals surface area contributed by atoms with E-state index in [4.69, 9.17) is 4.74 Å². The molecule has 39 heavy (non-hydrogen) atoms. The van der Waals surface area contributed by atoms with Crippen LogP contribution in [-0.4, -0.2) is 60.2 Å². The fourth-order valence-electron chi connectivity index (χ4n) is 4.66. The largest absolute Gasteiger partial charge is 0.489 e. The van der Waals surface area contributed by atoms with Gasteiger partial charge in [-0.25, -0.2) is 4.39 Å². The number of aryl methyl sites for hydroxylation is 1. The van der Waals surface area contributed by atoms with Gasteiger partial charge in [0.2, 0.25) is 11.8 Å². The van der Waals surface area contributed by atoms with Crippen molar-refractivity contribution in [2.24, 2.45) is 0 Å². The molecule has 0 spiro atoms. The molecular formula is C31H42FN3O4. The molecule has 2 atom stereocenters. The Morgan fingerprint density at radius 1 is 1.13 bits per heavy atom. The normalized spacial score (nSPS) is 19.1. The number of rotatable bonds is 8. The SMILES string of the molecule is CCCN1C/C=C\COc2cc(F)cc(c2)CC(C(O)CNCc2cccc(CC)c2)NC(=O)CCCC1=O. The maximum absolute atomic E-state index is 14.4. The van der Waals surface area contributed by atoms with E-state index in [-0.39, 0.29) is 44.2 Å². The molecular weight excluding hydrogens is 497 g/mol. The highest BCUT2D eigenvalue weighted by Gasteiger charge is 2.23. The second kappa shape index (κ2) is 16.0. The molecule has 2 bridgehead atoms. The fraction of sp³-hybridized carbons (Fsp3) is 0.484. The van der Waals surface area contributed by atoms with E-state index in [9.17, 15) is 19.1 Å². The Morgan fingerprint density at radius 3 is 2.74 bits per heavy atom. The number of hydrogen-bond acceptors (Lipinski definition) is 5.